The first kappa shape index (κ1) is 8.06. The second-order valence-corrected chi connectivity index (χ2v) is 4.70. The molecule has 0 saturated heterocycles. The highest BCUT2D eigenvalue weighted by atomic mass is 32.1. The van der Waals surface area contributed by atoms with Crippen LogP contribution in [0.4, 0.5) is 0 Å². The molecule has 1 aromatic rings. The molecule has 1 aliphatic rings. The Kier molecular flexibility index (Phi) is 1.84. The Bertz CT molecular complexity index is 331. The largest absolute Gasteiger partial charge is 0.140 e. The smallest absolute Gasteiger partial charge is 0.0328 e. The minimum atomic E-state index is 1.23. The Morgan fingerprint density at radius 2 is 2.17 bits per heavy atom. The van der Waals surface area contributed by atoms with Gasteiger partial charge in [0.2, 0.25) is 0 Å². The molecular formula is C11H14S. The molecule has 0 aliphatic heterocycles. The molecule has 0 aromatic carbocycles. The average molecular weight is 178 g/mol. The Morgan fingerprint density at radius 3 is 2.75 bits per heavy atom. The molecule has 0 unspecified atom stereocenters. The van der Waals surface area contributed by atoms with Crippen molar-refractivity contribution in [2.45, 2.75) is 33.1 Å². The number of rotatable bonds is 1. The summed E-state index contributed by atoms with van der Waals surface area (Å²) in [6.45, 7) is 8.36. The number of hydrogen-bond donors (Lipinski definition) is 0. The maximum atomic E-state index is 4.01. The zero-order valence-corrected chi connectivity index (χ0v) is 8.55. The molecule has 64 valence electrons. The van der Waals surface area contributed by atoms with E-state index < -0.39 is 0 Å². The van der Waals surface area contributed by atoms with Crippen LogP contribution in [0.1, 0.15) is 34.2 Å². The number of thiophene rings is 1. The monoisotopic (exact) mass is 178 g/mol. The lowest BCUT2D eigenvalue weighted by Gasteiger charge is -1.98. The lowest BCUT2D eigenvalue weighted by molar-refractivity contribution is 0.911. The average Bonchev–Trinajstić information content (AvgIpc) is 2.53. The normalized spacial score (nSPS) is 14.8. The van der Waals surface area contributed by atoms with Crippen molar-refractivity contribution in [2.24, 2.45) is 0 Å². The molecule has 0 N–H and O–H groups in total. The van der Waals surface area contributed by atoms with E-state index in [1.165, 1.54) is 35.3 Å². The van der Waals surface area contributed by atoms with Gasteiger partial charge in [-0.2, -0.15) is 0 Å². The zero-order valence-electron chi connectivity index (χ0n) is 7.74. The maximum absolute atomic E-state index is 4.01. The van der Waals surface area contributed by atoms with Crippen LogP contribution in [0.3, 0.4) is 0 Å². The van der Waals surface area contributed by atoms with E-state index in [1.807, 2.05) is 11.3 Å². The van der Waals surface area contributed by atoms with Gasteiger partial charge >= 0.3 is 0 Å². The summed E-state index contributed by atoms with van der Waals surface area (Å²) in [5, 5.41) is 0. The zero-order chi connectivity index (χ0) is 8.72. The van der Waals surface area contributed by atoms with Crippen molar-refractivity contribution in [3.05, 3.63) is 27.5 Å². The fraction of sp³-hybridized carbons (Fsp3) is 0.455. The van der Waals surface area contributed by atoms with Crippen molar-refractivity contribution in [3.63, 3.8) is 0 Å². The van der Waals surface area contributed by atoms with Gasteiger partial charge in [0.25, 0.3) is 0 Å². The minimum absolute atomic E-state index is 1.23. The topological polar surface area (TPSA) is 0 Å². The molecule has 0 nitrogen and oxygen atoms in total. The highest BCUT2D eigenvalue weighted by Gasteiger charge is 2.18. The van der Waals surface area contributed by atoms with Crippen molar-refractivity contribution >= 4 is 16.9 Å². The molecule has 0 amide bonds. The van der Waals surface area contributed by atoms with Crippen LogP contribution in [0.15, 0.2) is 6.58 Å². The molecule has 0 atom stereocenters. The van der Waals surface area contributed by atoms with Gasteiger partial charge in [0.05, 0.1) is 0 Å². The first-order valence-electron chi connectivity index (χ1n) is 4.47. The van der Waals surface area contributed by atoms with Crippen LogP contribution in [0.2, 0.25) is 0 Å². The van der Waals surface area contributed by atoms with Gasteiger partial charge in [-0.25, -0.2) is 0 Å². The van der Waals surface area contributed by atoms with E-state index in [1.54, 1.807) is 10.4 Å². The van der Waals surface area contributed by atoms with Crippen molar-refractivity contribution < 1.29 is 0 Å². The highest BCUT2D eigenvalue weighted by molar-refractivity contribution is 7.13. The van der Waals surface area contributed by atoms with Gasteiger partial charge in [0.1, 0.15) is 0 Å². The second kappa shape index (κ2) is 2.74. The fourth-order valence-corrected chi connectivity index (χ4v) is 3.29. The SMILES string of the molecule is C=C(C)c1sc2c(c1C)CCC2. The molecule has 0 saturated carbocycles. The molecule has 0 fully saturated rings. The van der Waals surface area contributed by atoms with Crippen LogP contribution in [0, 0.1) is 6.92 Å². The summed E-state index contributed by atoms with van der Waals surface area (Å²) in [6.07, 6.45) is 3.96. The molecule has 1 aromatic heterocycles. The summed E-state index contributed by atoms with van der Waals surface area (Å²) < 4.78 is 0. The Labute approximate surface area is 77.9 Å². The van der Waals surface area contributed by atoms with Gasteiger partial charge in [-0.3, -0.25) is 0 Å². The standard InChI is InChI=1S/C11H14S/c1-7(2)11-8(3)9-5-4-6-10(9)12-11/h1,4-6H2,2-3H3. The Hall–Kier alpha value is -0.560. The third-order valence-electron chi connectivity index (χ3n) is 2.57. The Morgan fingerprint density at radius 1 is 1.42 bits per heavy atom. The second-order valence-electron chi connectivity index (χ2n) is 3.59. The van der Waals surface area contributed by atoms with E-state index in [-0.39, 0.29) is 0 Å². The van der Waals surface area contributed by atoms with E-state index in [9.17, 15) is 0 Å². The number of hydrogen-bond acceptors (Lipinski definition) is 1. The highest BCUT2D eigenvalue weighted by Crippen LogP contribution is 2.37. The summed E-state index contributed by atoms with van der Waals surface area (Å²) in [5.74, 6) is 0. The summed E-state index contributed by atoms with van der Waals surface area (Å²) >= 11 is 1.96. The molecule has 0 spiro atoms. The minimum Gasteiger partial charge on any atom is -0.140 e. The van der Waals surface area contributed by atoms with Gasteiger partial charge < -0.3 is 0 Å². The van der Waals surface area contributed by atoms with E-state index in [4.69, 9.17) is 0 Å². The quantitative estimate of drug-likeness (QED) is 0.616. The third kappa shape index (κ3) is 1.04. The van der Waals surface area contributed by atoms with Gasteiger partial charge in [-0.15, -0.1) is 11.3 Å². The summed E-state index contributed by atoms with van der Waals surface area (Å²) in [4.78, 5) is 3.05. The lowest BCUT2D eigenvalue weighted by atomic mass is 10.1. The van der Waals surface area contributed by atoms with E-state index >= 15 is 0 Å². The molecule has 1 heterocycles. The van der Waals surface area contributed by atoms with Crippen molar-refractivity contribution in [1.29, 1.82) is 0 Å². The molecule has 0 radical (unpaired) electrons. The first-order valence-corrected chi connectivity index (χ1v) is 5.29. The Balaban J connectivity index is 2.54. The fourth-order valence-electron chi connectivity index (χ4n) is 1.97. The van der Waals surface area contributed by atoms with Gasteiger partial charge in [0, 0.05) is 9.75 Å². The van der Waals surface area contributed by atoms with Crippen LogP contribution >= 0.6 is 11.3 Å². The van der Waals surface area contributed by atoms with Crippen molar-refractivity contribution in [1.82, 2.24) is 0 Å². The molecule has 1 heteroatoms. The number of fused-ring (bicyclic) bond motifs is 1. The van der Waals surface area contributed by atoms with Gasteiger partial charge in [-0.1, -0.05) is 6.58 Å². The van der Waals surface area contributed by atoms with Crippen LogP contribution in [-0.4, -0.2) is 0 Å². The summed E-state index contributed by atoms with van der Waals surface area (Å²) in [6, 6.07) is 0. The maximum Gasteiger partial charge on any atom is 0.0328 e. The summed E-state index contributed by atoms with van der Waals surface area (Å²) in [5.41, 5.74) is 4.35. The van der Waals surface area contributed by atoms with E-state index in [0.29, 0.717) is 0 Å². The third-order valence-corrected chi connectivity index (χ3v) is 4.13. The summed E-state index contributed by atoms with van der Waals surface area (Å²) in [7, 11) is 0. The molecular weight excluding hydrogens is 164 g/mol. The predicted octanol–water partition coefficient (Wildman–Crippen LogP) is 3.58. The molecule has 1 aliphatic carbocycles. The first-order chi connectivity index (χ1) is 5.70. The van der Waals surface area contributed by atoms with Crippen LogP contribution in [-0.2, 0) is 12.8 Å². The van der Waals surface area contributed by atoms with Crippen LogP contribution < -0.4 is 0 Å². The van der Waals surface area contributed by atoms with E-state index in [2.05, 4.69) is 20.4 Å². The van der Waals surface area contributed by atoms with Gasteiger partial charge in [-0.05, 0) is 49.8 Å². The molecule has 2 rings (SSSR count). The lowest BCUT2D eigenvalue weighted by Crippen LogP contribution is -1.81. The van der Waals surface area contributed by atoms with Crippen LogP contribution in [0.5, 0.6) is 0 Å². The number of aryl methyl sites for hydroxylation is 1. The molecule has 0 bridgehead atoms. The van der Waals surface area contributed by atoms with Crippen LogP contribution in [0.25, 0.3) is 5.57 Å². The molecule has 12 heavy (non-hydrogen) atoms. The van der Waals surface area contributed by atoms with Crippen molar-refractivity contribution in [3.8, 4) is 0 Å². The van der Waals surface area contributed by atoms with E-state index in [0.717, 1.165) is 0 Å². The van der Waals surface area contributed by atoms with Gasteiger partial charge in [0.15, 0.2) is 0 Å². The number of allylic oxidation sites excluding steroid dienone is 1. The predicted molar refractivity (Wildman–Crippen MR) is 55.8 cm³/mol. The van der Waals surface area contributed by atoms with Crippen molar-refractivity contribution in [2.75, 3.05) is 0 Å².